The van der Waals surface area contributed by atoms with E-state index in [1.54, 1.807) is 0 Å². The maximum absolute atomic E-state index is 13.0. The van der Waals surface area contributed by atoms with Crippen molar-refractivity contribution in [3.8, 4) is 0 Å². The van der Waals surface area contributed by atoms with E-state index in [2.05, 4.69) is 11.8 Å². The van der Waals surface area contributed by atoms with E-state index in [0.29, 0.717) is 25.6 Å². The lowest BCUT2D eigenvalue weighted by Crippen LogP contribution is -2.45. The molecule has 0 saturated carbocycles. The van der Waals surface area contributed by atoms with Crippen molar-refractivity contribution in [2.75, 3.05) is 45.8 Å². The van der Waals surface area contributed by atoms with Crippen molar-refractivity contribution >= 4 is 15.9 Å². The number of amides is 1. The molecule has 7 nitrogen and oxygen atoms in total. The van der Waals surface area contributed by atoms with Gasteiger partial charge in [-0.2, -0.15) is 4.31 Å². The second kappa shape index (κ2) is 9.40. The molecular weight excluding hydrogens is 402 g/mol. The standard InChI is InChI=1S/C22H35N3O4S/c1-18-9-14-23(15-10-18)16-19-6-5-11-24(17-19)22(26)20-7-8-21(29-20)30(27,28)25-12-3-2-4-13-25/h7-8,18-19H,2-6,9-17H2,1H3. The Bertz CT molecular complexity index is 823. The normalized spacial score (nSPS) is 25.5. The van der Waals surface area contributed by atoms with Crippen LogP contribution in [0.15, 0.2) is 21.6 Å². The van der Waals surface area contributed by atoms with Gasteiger partial charge in [0.1, 0.15) is 0 Å². The van der Waals surface area contributed by atoms with Crippen LogP contribution in [0.2, 0.25) is 0 Å². The van der Waals surface area contributed by atoms with Gasteiger partial charge in [0.2, 0.25) is 5.09 Å². The molecule has 168 valence electrons. The summed E-state index contributed by atoms with van der Waals surface area (Å²) in [5.41, 5.74) is 0. The Labute approximate surface area is 180 Å². The monoisotopic (exact) mass is 437 g/mol. The fourth-order valence-corrected chi connectivity index (χ4v) is 6.40. The highest BCUT2D eigenvalue weighted by Gasteiger charge is 2.32. The first kappa shape index (κ1) is 21.8. The minimum atomic E-state index is -3.65. The van der Waals surface area contributed by atoms with E-state index in [1.807, 2.05) is 4.90 Å². The molecule has 1 aromatic rings. The number of piperidine rings is 3. The Morgan fingerprint density at radius 2 is 1.73 bits per heavy atom. The number of nitrogens with zero attached hydrogens (tertiary/aromatic N) is 3. The fourth-order valence-electron chi connectivity index (χ4n) is 4.97. The van der Waals surface area contributed by atoms with Gasteiger partial charge in [0.05, 0.1) is 0 Å². The van der Waals surface area contributed by atoms with Crippen LogP contribution in [0.4, 0.5) is 0 Å². The Morgan fingerprint density at radius 1 is 1.00 bits per heavy atom. The lowest BCUT2D eigenvalue weighted by Gasteiger charge is -2.37. The number of sulfonamides is 1. The van der Waals surface area contributed by atoms with Gasteiger partial charge in [-0.3, -0.25) is 4.79 Å². The van der Waals surface area contributed by atoms with Gasteiger partial charge in [0.15, 0.2) is 5.76 Å². The molecule has 1 atom stereocenters. The molecule has 30 heavy (non-hydrogen) atoms. The van der Waals surface area contributed by atoms with Gasteiger partial charge >= 0.3 is 0 Å². The number of furan rings is 1. The van der Waals surface area contributed by atoms with E-state index in [9.17, 15) is 13.2 Å². The first-order chi connectivity index (χ1) is 14.4. The summed E-state index contributed by atoms with van der Waals surface area (Å²) in [6, 6.07) is 2.96. The van der Waals surface area contributed by atoms with E-state index >= 15 is 0 Å². The minimum absolute atomic E-state index is 0.108. The molecule has 3 aliphatic heterocycles. The Balaban J connectivity index is 1.37. The number of hydrogen-bond donors (Lipinski definition) is 0. The third-order valence-corrected chi connectivity index (χ3v) is 8.67. The second-order valence-electron chi connectivity index (χ2n) is 9.33. The predicted molar refractivity (Wildman–Crippen MR) is 115 cm³/mol. The topological polar surface area (TPSA) is 74.1 Å². The fraction of sp³-hybridized carbons (Fsp3) is 0.773. The van der Waals surface area contributed by atoms with Crippen molar-refractivity contribution < 1.29 is 17.6 Å². The van der Waals surface area contributed by atoms with Crippen LogP contribution in [0.1, 0.15) is 62.4 Å². The molecule has 8 heteroatoms. The molecule has 3 aliphatic rings. The summed E-state index contributed by atoms with van der Waals surface area (Å²) in [6.07, 6.45) is 7.45. The third-order valence-electron chi connectivity index (χ3n) is 6.90. The van der Waals surface area contributed by atoms with Crippen LogP contribution in [0, 0.1) is 11.8 Å². The largest absolute Gasteiger partial charge is 0.438 e. The summed E-state index contributed by atoms with van der Waals surface area (Å²) in [4.78, 5) is 17.4. The number of likely N-dealkylation sites (tertiary alicyclic amines) is 2. The smallest absolute Gasteiger partial charge is 0.289 e. The summed E-state index contributed by atoms with van der Waals surface area (Å²) >= 11 is 0. The van der Waals surface area contributed by atoms with Crippen LogP contribution in [0.25, 0.3) is 0 Å². The predicted octanol–water partition coefficient (Wildman–Crippen LogP) is 3.04. The molecule has 1 amide bonds. The molecule has 0 N–H and O–H groups in total. The number of hydrogen-bond acceptors (Lipinski definition) is 5. The van der Waals surface area contributed by atoms with Gasteiger partial charge in [-0.15, -0.1) is 0 Å². The Hall–Kier alpha value is -1.38. The van der Waals surface area contributed by atoms with Crippen LogP contribution in [0.3, 0.4) is 0 Å². The van der Waals surface area contributed by atoms with Crippen LogP contribution >= 0.6 is 0 Å². The molecule has 4 rings (SSSR count). The highest BCUT2D eigenvalue weighted by molar-refractivity contribution is 7.89. The van der Waals surface area contributed by atoms with E-state index < -0.39 is 10.0 Å². The number of rotatable bonds is 5. The van der Waals surface area contributed by atoms with Gasteiger partial charge < -0.3 is 14.2 Å². The molecule has 3 fully saturated rings. The molecule has 0 bridgehead atoms. The zero-order valence-electron chi connectivity index (χ0n) is 18.1. The summed E-state index contributed by atoms with van der Waals surface area (Å²) in [7, 11) is -3.65. The first-order valence-corrected chi connectivity index (χ1v) is 13.0. The van der Waals surface area contributed by atoms with Crippen molar-refractivity contribution in [3.63, 3.8) is 0 Å². The zero-order chi connectivity index (χ0) is 21.1. The average molecular weight is 438 g/mol. The van der Waals surface area contributed by atoms with Gasteiger partial charge in [-0.05, 0) is 75.6 Å². The maximum atomic E-state index is 13.0. The zero-order valence-corrected chi connectivity index (χ0v) is 18.9. The Morgan fingerprint density at radius 3 is 2.47 bits per heavy atom. The van der Waals surface area contributed by atoms with E-state index in [1.165, 1.54) is 29.3 Å². The lowest BCUT2D eigenvalue weighted by molar-refractivity contribution is 0.0587. The second-order valence-corrected chi connectivity index (χ2v) is 11.2. The Kier molecular flexibility index (Phi) is 6.85. The van der Waals surface area contributed by atoms with Crippen molar-refractivity contribution in [3.05, 3.63) is 17.9 Å². The first-order valence-electron chi connectivity index (χ1n) is 11.5. The molecule has 0 spiro atoms. The summed E-state index contributed by atoms with van der Waals surface area (Å²) in [6.45, 7) is 8.15. The molecule has 1 aromatic heterocycles. The van der Waals surface area contributed by atoms with Crippen LogP contribution in [0.5, 0.6) is 0 Å². The third kappa shape index (κ3) is 4.92. The van der Waals surface area contributed by atoms with Crippen molar-refractivity contribution in [1.82, 2.24) is 14.1 Å². The summed E-state index contributed by atoms with van der Waals surface area (Å²) in [5.74, 6) is 1.24. The van der Waals surface area contributed by atoms with Crippen LogP contribution in [-0.4, -0.2) is 74.2 Å². The van der Waals surface area contributed by atoms with Gasteiger partial charge in [0, 0.05) is 32.7 Å². The van der Waals surface area contributed by atoms with Crippen molar-refractivity contribution in [1.29, 1.82) is 0 Å². The minimum Gasteiger partial charge on any atom is -0.438 e. The molecule has 4 heterocycles. The van der Waals surface area contributed by atoms with Crippen LogP contribution < -0.4 is 0 Å². The molecule has 3 saturated heterocycles. The average Bonchev–Trinajstić information content (AvgIpc) is 3.27. The molecule has 0 radical (unpaired) electrons. The van der Waals surface area contributed by atoms with Gasteiger partial charge in [-0.1, -0.05) is 13.3 Å². The molecule has 0 aliphatic carbocycles. The summed E-state index contributed by atoms with van der Waals surface area (Å²) < 4.78 is 32.7. The molecule has 1 unspecified atom stereocenters. The highest BCUT2D eigenvalue weighted by atomic mass is 32.2. The molecular formula is C22H35N3O4S. The van der Waals surface area contributed by atoms with E-state index in [0.717, 1.165) is 64.2 Å². The number of carbonyl (C=O) groups excluding carboxylic acids is 1. The van der Waals surface area contributed by atoms with Gasteiger partial charge in [0.25, 0.3) is 15.9 Å². The number of carbonyl (C=O) groups is 1. The van der Waals surface area contributed by atoms with E-state index in [4.69, 9.17) is 4.42 Å². The summed E-state index contributed by atoms with van der Waals surface area (Å²) in [5, 5.41) is -0.108. The van der Waals surface area contributed by atoms with E-state index in [-0.39, 0.29) is 16.8 Å². The van der Waals surface area contributed by atoms with Crippen molar-refractivity contribution in [2.45, 2.75) is 57.0 Å². The SMILES string of the molecule is CC1CCN(CC2CCCN(C(=O)c3ccc(S(=O)(=O)N4CCCCC4)o3)C2)CC1. The highest BCUT2D eigenvalue weighted by Crippen LogP contribution is 2.26. The van der Waals surface area contributed by atoms with Gasteiger partial charge in [-0.25, -0.2) is 8.42 Å². The van der Waals surface area contributed by atoms with Crippen molar-refractivity contribution in [2.24, 2.45) is 11.8 Å². The maximum Gasteiger partial charge on any atom is 0.289 e. The molecule has 0 aromatic carbocycles. The quantitative estimate of drug-likeness (QED) is 0.708. The van der Waals surface area contributed by atoms with Crippen LogP contribution in [-0.2, 0) is 10.0 Å². The lowest BCUT2D eigenvalue weighted by atomic mass is 9.94.